The normalized spacial score (nSPS) is 11.3. The number of benzene rings is 1. The van der Waals surface area contributed by atoms with Gasteiger partial charge in [-0.05, 0) is 38.5 Å². The van der Waals surface area contributed by atoms with Gasteiger partial charge in [0.25, 0.3) is 5.56 Å². The number of nitrogens with zero attached hydrogens (tertiary/aromatic N) is 3. The SMILES string of the molecule is CCOCCCn1c(SCc2cc(C)on2)nc2cc(Cl)ccc2c1=O. The molecule has 0 atom stereocenters. The minimum atomic E-state index is -0.0676. The summed E-state index contributed by atoms with van der Waals surface area (Å²) in [6.07, 6.45) is 0.741. The monoisotopic (exact) mass is 393 g/mol. The lowest BCUT2D eigenvalue weighted by molar-refractivity contribution is 0.140. The minimum Gasteiger partial charge on any atom is -0.382 e. The molecule has 138 valence electrons. The van der Waals surface area contributed by atoms with Gasteiger partial charge in [-0.15, -0.1) is 0 Å². The smallest absolute Gasteiger partial charge is 0.262 e. The number of aryl methyl sites for hydroxylation is 1. The minimum absolute atomic E-state index is 0.0676. The molecule has 0 bridgehead atoms. The van der Waals surface area contributed by atoms with Crippen LogP contribution in [0.1, 0.15) is 24.8 Å². The molecule has 0 fully saturated rings. The molecule has 3 aromatic rings. The van der Waals surface area contributed by atoms with Crippen molar-refractivity contribution >= 4 is 34.3 Å². The fourth-order valence-corrected chi connectivity index (χ4v) is 3.65. The van der Waals surface area contributed by atoms with E-state index in [2.05, 4.69) is 10.1 Å². The molecule has 0 amide bonds. The topological polar surface area (TPSA) is 70.2 Å². The van der Waals surface area contributed by atoms with E-state index >= 15 is 0 Å². The molecule has 0 unspecified atom stereocenters. The van der Waals surface area contributed by atoms with Gasteiger partial charge in [0, 0.05) is 36.6 Å². The van der Waals surface area contributed by atoms with E-state index in [1.54, 1.807) is 22.8 Å². The van der Waals surface area contributed by atoms with Crippen LogP contribution in [0.4, 0.5) is 0 Å². The molecule has 0 aliphatic rings. The van der Waals surface area contributed by atoms with E-state index in [0.29, 0.717) is 46.6 Å². The van der Waals surface area contributed by atoms with Gasteiger partial charge in [0.05, 0.1) is 16.6 Å². The number of aromatic nitrogens is 3. The molecule has 26 heavy (non-hydrogen) atoms. The van der Waals surface area contributed by atoms with Crippen molar-refractivity contribution in [3.8, 4) is 0 Å². The largest absolute Gasteiger partial charge is 0.382 e. The van der Waals surface area contributed by atoms with Gasteiger partial charge >= 0.3 is 0 Å². The van der Waals surface area contributed by atoms with Crippen molar-refractivity contribution in [3.05, 3.63) is 51.1 Å². The van der Waals surface area contributed by atoms with E-state index in [0.717, 1.165) is 17.9 Å². The molecule has 2 heterocycles. The Labute approximate surface area is 160 Å². The van der Waals surface area contributed by atoms with Gasteiger partial charge in [-0.2, -0.15) is 0 Å². The van der Waals surface area contributed by atoms with Crippen molar-refractivity contribution in [2.45, 2.75) is 37.7 Å². The van der Waals surface area contributed by atoms with Crippen LogP contribution < -0.4 is 5.56 Å². The second kappa shape index (κ2) is 8.70. The van der Waals surface area contributed by atoms with E-state index in [9.17, 15) is 4.79 Å². The van der Waals surface area contributed by atoms with Crippen LogP contribution in [0, 0.1) is 6.92 Å². The molecule has 0 radical (unpaired) electrons. The number of ether oxygens (including phenoxy) is 1. The van der Waals surface area contributed by atoms with Gasteiger partial charge in [-0.3, -0.25) is 9.36 Å². The lowest BCUT2D eigenvalue weighted by atomic mass is 10.2. The van der Waals surface area contributed by atoms with Crippen molar-refractivity contribution in [1.29, 1.82) is 0 Å². The Bertz CT molecular complexity index is 954. The lowest BCUT2D eigenvalue weighted by Gasteiger charge is -2.13. The Morgan fingerprint density at radius 3 is 2.92 bits per heavy atom. The summed E-state index contributed by atoms with van der Waals surface area (Å²) in [7, 11) is 0. The number of rotatable bonds is 8. The Morgan fingerprint density at radius 2 is 2.19 bits per heavy atom. The Kier molecular flexibility index (Phi) is 6.34. The van der Waals surface area contributed by atoms with Crippen LogP contribution in [0.5, 0.6) is 0 Å². The second-order valence-corrected chi connectivity index (χ2v) is 7.16. The molecule has 3 rings (SSSR count). The molecule has 1 aromatic carbocycles. The summed E-state index contributed by atoms with van der Waals surface area (Å²) in [5.41, 5.74) is 1.35. The van der Waals surface area contributed by atoms with E-state index in [4.69, 9.17) is 20.9 Å². The molecule has 0 saturated carbocycles. The third-order valence-electron chi connectivity index (χ3n) is 3.78. The van der Waals surface area contributed by atoms with Crippen molar-refractivity contribution in [2.24, 2.45) is 0 Å². The van der Waals surface area contributed by atoms with E-state index < -0.39 is 0 Å². The number of halogens is 1. The lowest BCUT2D eigenvalue weighted by Crippen LogP contribution is -2.24. The van der Waals surface area contributed by atoms with Gasteiger partial charge in [0.15, 0.2) is 5.16 Å². The van der Waals surface area contributed by atoms with Crippen LogP contribution in [-0.4, -0.2) is 27.9 Å². The predicted molar refractivity (Wildman–Crippen MR) is 103 cm³/mol. The molecule has 2 aromatic heterocycles. The van der Waals surface area contributed by atoms with Gasteiger partial charge < -0.3 is 9.26 Å². The zero-order chi connectivity index (χ0) is 18.5. The highest BCUT2D eigenvalue weighted by Gasteiger charge is 2.13. The van der Waals surface area contributed by atoms with Crippen LogP contribution in [0.3, 0.4) is 0 Å². The van der Waals surface area contributed by atoms with Crippen molar-refractivity contribution in [1.82, 2.24) is 14.7 Å². The fourth-order valence-electron chi connectivity index (χ4n) is 2.57. The van der Waals surface area contributed by atoms with Crippen molar-refractivity contribution < 1.29 is 9.26 Å². The zero-order valence-corrected chi connectivity index (χ0v) is 16.3. The number of fused-ring (bicyclic) bond motifs is 1. The summed E-state index contributed by atoms with van der Waals surface area (Å²) >= 11 is 7.52. The first kappa shape index (κ1) is 18.9. The van der Waals surface area contributed by atoms with Crippen molar-refractivity contribution in [3.63, 3.8) is 0 Å². The standard InChI is InChI=1S/C18H20ClN3O3S/c1-3-24-8-4-7-22-17(23)15-6-5-13(19)10-16(15)20-18(22)26-11-14-9-12(2)25-21-14/h5-6,9-10H,3-4,7-8,11H2,1-2H3. The molecule has 0 saturated heterocycles. The van der Waals surface area contributed by atoms with E-state index in [1.165, 1.54) is 11.8 Å². The molecule has 8 heteroatoms. The number of hydrogen-bond donors (Lipinski definition) is 0. The van der Waals surface area contributed by atoms with Crippen LogP contribution >= 0.6 is 23.4 Å². The quantitative estimate of drug-likeness (QED) is 0.326. The highest BCUT2D eigenvalue weighted by atomic mass is 35.5. The van der Waals surface area contributed by atoms with Crippen LogP contribution in [0.15, 0.2) is 38.7 Å². The van der Waals surface area contributed by atoms with Gasteiger partial charge in [0.2, 0.25) is 0 Å². The van der Waals surface area contributed by atoms with Crippen molar-refractivity contribution in [2.75, 3.05) is 13.2 Å². The molecule has 0 N–H and O–H groups in total. The molecule has 0 spiro atoms. The van der Waals surface area contributed by atoms with Crippen LogP contribution in [0.25, 0.3) is 10.9 Å². The van der Waals surface area contributed by atoms with E-state index in [1.807, 2.05) is 19.9 Å². The summed E-state index contributed by atoms with van der Waals surface area (Å²) in [6.45, 7) is 5.62. The summed E-state index contributed by atoms with van der Waals surface area (Å²) in [5.74, 6) is 1.33. The maximum Gasteiger partial charge on any atom is 0.262 e. The molecular weight excluding hydrogens is 374 g/mol. The van der Waals surface area contributed by atoms with Gasteiger partial charge in [-0.1, -0.05) is 28.5 Å². The number of hydrogen-bond acceptors (Lipinski definition) is 6. The summed E-state index contributed by atoms with van der Waals surface area (Å²) < 4.78 is 12.2. The Morgan fingerprint density at radius 1 is 1.35 bits per heavy atom. The average molecular weight is 394 g/mol. The molecule has 6 nitrogen and oxygen atoms in total. The summed E-state index contributed by atoms with van der Waals surface area (Å²) in [6, 6.07) is 7.03. The first-order valence-corrected chi connectivity index (χ1v) is 9.77. The molecule has 0 aliphatic carbocycles. The molecular formula is C18H20ClN3O3S. The number of thioether (sulfide) groups is 1. The van der Waals surface area contributed by atoms with E-state index in [-0.39, 0.29) is 5.56 Å². The Balaban J connectivity index is 1.92. The first-order valence-electron chi connectivity index (χ1n) is 8.41. The predicted octanol–water partition coefficient (Wildman–Crippen LogP) is 4.07. The second-order valence-electron chi connectivity index (χ2n) is 5.78. The maximum atomic E-state index is 12.9. The average Bonchev–Trinajstić information content (AvgIpc) is 3.03. The summed E-state index contributed by atoms with van der Waals surface area (Å²) in [4.78, 5) is 17.6. The van der Waals surface area contributed by atoms with Gasteiger partial charge in [0.1, 0.15) is 5.76 Å². The zero-order valence-electron chi connectivity index (χ0n) is 14.7. The molecule has 0 aliphatic heterocycles. The third-order valence-corrected chi connectivity index (χ3v) is 5.03. The first-order chi connectivity index (χ1) is 12.6. The summed E-state index contributed by atoms with van der Waals surface area (Å²) in [5, 5.41) is 5.75. The maximum absolute atomic E-state index is 12.9. The fraction of sp³-hybridized carbons (Fsp3) is 0.389. The van der Waals surface area contributed by atoms with Crippen LogP contribution in [-0.2, 0) is 17.0 Å². The Hall–Kier alpha value is -1.83. The highest BCUT2D eigenvalue weighted by molar-refractivity contribution is 7.98. The highest BCUT2D eigenvalue weighted by Crippen LogP contribution is 2.23. The third kappa shape index (κ3) is 4.47. The van der Waals surface area contributed by atoms with Gasteiger partial charge in [-0.25, -0.2) is 4.98 Å². The van der Waals surface area contributed by atoms with Crippen LogP contribution in [0.2, 0.25) is 5.02 Å².